The quantitative estimate of drug-likeness (QED) is 0.830. The molecule has 1 aliphatic heterocycles. The summed E-state index contributed by atoms with van der Waals surface area (Å²) in [4.78, 5) is 18.7. The minimum atomic E-state index is -0.0523. The summed E-state index contributed by atoms with van der Waals surface area (Å²) in [6, 6.07) is 16.0. The van der Waals surface area contributed by atoms with Crippen LogP contribution in [0.2, 0.25) is 0 Å². The van der Waals surface area contributed by atoms with Crippen LogP contribution >= 0.6 is 0 Å². The summed E-state index contributed by atoms with van der Waals surface area (Å²) in [5, 5.41) is 0. The normalized spacial score (nSPS) is 14.2. The van der Waals surface area contributed by atoms with E-state index in [9.17, 15) is 4.79 Å². The van der Waals surface area contributed by atoms with Gasteiger partial charge in [0.15, 0.2) is 0 Å². The highest BCUT2D eigenvalue weighted by Gasteiger charge is 2.25. The monoisotopic (exact) mass is 290 g/mol. The molecular weight excluding hydrogens is 272 g/mol. The lowest BCUT2D eigenvalue weighted by Crippen LogP contribution is -2.30. The van der Waals surface area contributed by atoms with Crippen molar-refractivity contribution in [2.24, 2.45) is 4.99 Å². The summed E-state index contributed by atoms with van der Waals surface area (Å²) in [6.45, 7) is 7.96. The summed E-state index contributed by atoms with van der Waals surface area (Å²) in [5.74, 6) is -0.0523. The van der Waals surface area contributed by atoms with Crippen LogP contribution in [0.1, 0.15) is 23.6 Å². The number of hydrogen-bond acceptors (Lipinski definition) is 2. The van der Waals surface area contributed by atoms with Crippen molar-refractivity contribution in [3.05, 3.63) is 77.5 Å². The van der Waals surface area contributed by atoms with Gasteiger partial charge in [0, 0.05) is 16.8 Å². The lowest BCUT2D eigenvalue weighted by atomic mass is 9.98. The number of carbonyl (C=O) groups is 1. The van der Waals surface area contributed by atoms with Gasteiger partial charge in [0.05, 0.1) is 11.4 Å². The summed E-state index contributed by atoms with van der Waals surface area (Å²) in [6.07, 6.45) is 0. The molecule has 2 aromatic carbocycles. The Morgan fingerprint density at radius 3 is 2.59 bits per heavy atom. The number of fused-ring (bicyclic) bond motifs is 1. The van der Waals surface area contributed by atoms with Crippen LogP contribution in [0.4, 0.5) is 5.69 Å². The van der Waals surface area contributed by atoms with Crippen molar-refractivity contribution in [2.45, 2.75) is 13.8 Å². The van der Waals surface area contributed by atoms with Crippen LogP contribution < -0.4 is 4.90 Å². The van der Waals surface area contributed by atoms with Gasteiger partial charge in [-0.25, -0.2) is 0 Å². The Morgan fingerprint density at radius 1 is 1.18 bits per heavy atom. The molecule has 0 unspecified atom stereocenters. The van der Waals surface area contributed by atoms with E-state index in [2.05, 4.69) is 17.6 Å². The lowest BCUT2D eigenvalue weighted by Gasteiger charge is -2.23. The first-order valence-corrected chi connectivity index (χ1v) is 7.27. The lowest BCUT2D eigenvalue weighted by molar-refractivity contribution is -0.116. The Balaban J connectivity index is 2.25. The second-order valence-electron chi connectivity index (χ2n) is 5.52. The first-order chi connectivity index (χ1) is 10.6. The van der Waals surface area contributed by atoms with Gasteiger partial charge in [-0.1, -0.05) is 48.5 Å². The summed E-state index contributed by atoms with van der Waals surface area (Å²) in [7, 11) is 0. The van der Waals surface area contributed by atoms with Crippen molar-refractivity contribution in [1.82, 2.24) is 0 Å². The average molecular weight is 290 g/mol. The fourth-order valence-electron chi connectivity index (χ4n) is 2.73. The Bertz CT molecular complexity index is 775. The molecular formula is C19H18N2O. The molecule has 3 nitrogen and oxygen atoms in total. The molecule has 3 rings (SSSR count). The second kappa shape index (κ2) is 5.60. The third-order valence-electron chi connectivity index (χ3n) is 3.70. The smallest absolute Gasteiger partial charge is 0.252 e. The first-order valence-electron chi connectivity index (χ1n) is 7.27. The molecule has 0 fully saturated rings. The van der Waals surface area contributed by atoms with Crippen molar-refractivity contribution in [1.29, 1.82) is 0 Å². The van der Waals surface area contributed by atoms with E-state index in [1.807, 2.05) is 56.3 Å². The molecule has 0 atom stereocenters. The molecule has 2 aromatic rings. The molecule has 110 valence electrons. The van der Waals surface area contributed by atoms with Crippen LogP contribution in [0.25, 0.3) is 0 Å². The Morgan fingerprint density at radius 2 is 1.91 bits per heavy atom. The Hall–Kier alpha value is -2.68. The average Bonchev–Trinajstić information content (AvgIpc) is 2.64. The number of aliphatic imine (C=N–C) groups is 1. The number of carbonyl (C=O) groups excluding carboxylic acids is 1. The number of benzodiazepines with no additional fused rings is 1. The number of hydrogen-bond donors (Lipinski definition) is 0. The van der Waals surface area contributed by atoms with Gasteiger partial charge in [-0.3, -0.25) is 14.7 Å². The maximum Gasteiger partial charge on any atom is 0.252 e. The predicted octanol–water partition coefficient (Wildman–Crippen LogP) is 3.71. The standard InChI is InChI=1S/C19H18N2O/c1-13(2)21-17-10-9-14(3)11-16(17)19(20-12-18(21)22)15-7-5-4-6-8-15/h4-11H,1,12H2,2-3H3. The molecule has 0 bridgehead atoms. The number of nitrogens with zero attached hydrogens (tertiary/aromatic N) is 2. The van der Waals surface area contributed by atoms with E-state index >= 15 is 0 Å². The van der Waals surface area contributed by atoms with Crippen LogP contribution in [0.5, 0.6) is 0 Å². The fraction of sp³-hybridized carbons (Fsp3) is 0.158. The van der Waals surface area contributed by atoms with Crippen molar-refractivity contribution in [3.63, 3.8) is 0 Å². The van der Waals surface area contributed by atoms with Gasteiger partial charge in [0.1, 0.15) is 6.54 Å². The molecule has 1 aliphatic rings. The van der Waals surface area contributed by atoms with E-state index in [-0.39, 0.29) is 12.5 Å². The zero-order valence-corrected chi connectivity index (χ0v) is 12.8. The molecule has 0 saturated heterocycles. The SMILES string of the molecule is C=C(C)N1C(=O)CN=C(c2ccccc2)c2cc(C)ccc21. The van der Waals surface area contributed by atoms with Gasteiger partial charge < -0.3 is 0 Å². The largest absolute Gasteiger partial charge is 0.283 e. The van der Waals surface area contributed by atoms with E-state index in [1.165, 1.54) is 0 Å². The fourth-order valence-corrected chi connectivity index (χ4v) is 2.73. The summed E-state index contributed by atoms with van der Waals surface area (Å²) in [5.41, 5.74) is 5.54. The van der Waals surface area contributed by atoms with E-state index < -0.39 is 0 Å². The third kappa shape index (κ3) is 2.46. The number of amides is 1. The molecule has 0 radical (unpaired) electrons. The highest BCUT2D eigenvalue weighted by atomic mass is 16.2. The van der Waals surface area contributed by atoms with Gasteiger partial charge in [-0.2, -0.15) is 0 Å². The zero-order chi connectivity index (χ0) is 15.7. The maximum absolute atomic E-state index is 12.4. The molecule has 22 heavy (non-hydrogen) atoms. The summed E-state index contributed by atoms with van der Waals surface area (Å²) >= 11 is 0. The van der Waals surface area contributed by atoms with Crippen LogP contribution in [-0.2, 0) is 4.79 Å². The first kappa shape index (κ1) is 14.3. The molecule has 0 aliphatic carbocycles. The highest BCUT2D eigenvalue weighted by Crippen LogP contribution is 2.29. The third-order valence-corrected chi connectivity index (χ3v) is 3.70. The van der Waals surface area contributed by atoms with Crippen LogP contribution in [0.15, 0.2) is 65.8 Å². The molecule has 0 saturated carbocycles. The molecule has 0 N–H and O–H groups in total. The van der Waals surface area contributed by atoms with E-state index in [0.29, 0.717) is 5.70 Å². The molecule has 3 heteroatoms. The van der Waals surface area contributed by atoms with Crippen LogP contribution in [0.3, 0.4) is 0 Å². The van der Waals surface area contributed by atoms with Crippen molar-refractivity contribution < 1.29 is 4.79 Å². The van der Waals surface area contributed by atoms with Gasteiger partial charge >= 0.3 is 0 Å². The molecule has 0 aromatic heterocycles. The minimum absolute atomic E-state index is 0.0523. The van der Waals surface area contributed by atoms with Gasteiger partial charge in [0.25, 0.3) is 5.91 Å². The van der Waals surface area contributed by atoms with Crippen molar-refractivity contribution >= 4 is 17.3 Å². The van der Waals surface area contributed by atoms with E-state index in [0.717, 1.165) is 28.1 Å². The molecule has 0 spiro atoms. The van der Waals surface area contributed by atoms with Crippen molar-refractivity contribution in [3.8, 4) is 0 Å². The topological polar surface area (TPSA) is 32.7 Å². The Kier molecular flexibility index (Phi) is 3.63. The minimum Gasteiger partial charge on any atom is -0.283 e. The predicted molar refractivity (Wildman–Crippen MR) is 90.4 cm³/mol. The van der Waals surface area contributed by atoms with Crippen molar-refractivity contribution in [2.75, 3.05) is 11.4 Å². The van der Waals surface area contributed by atoms with E-state index in [1.54, 1.807) is 4.90 Å². The second-order valence-corrected chi connectivity index (χ2v) is 5.52. The van der Waals surface area contributed by atoms with Crippen LogP contribution in [-0.4, -0.2) is 18.2 Å². The number of rotatable bonds is 2. The van der Waals surface area contributed by atoms with Gasteiger partial charge in [0.2, 0.25) is 0 Å². The molecule has 1 amide bonds. The summed E-state index contributed by atoms with van der Waals surface area (Å²) < 4.78 is 0. The highest BCUT2D eigenvalue weighted by molar-refractivity contribution is 6.20. The Labute approximate surface area is 130 Å². The number of benzene rings is 2. The van der Waals surface area contributed by atoms with Gasteiger partial charge in [-0.05, 0) is 26.0 Å². The molecule has 1 heterocycles. The maximum atomic E-state index is 12.4. The van der Waals surface area contributed by atoms with E-state index in [4.69, 9.17) is 0 Å². The van der Waals surface area contributed by atoms with Gasteiger partial charge in [-0.15, -0.1) is 0 Å². The number of anilines is 1. The number of allylic oxidation sites excluding steroid dienone is 1. The zero-order valence-electron chi connectivity index (χ0n) is 12.8. The number of aryl methyl sites for hydroxylation is 1. The van der Waals surface area contributed by atoms with Crippen LogP contribution in [0, 0.1) is 6.92 Å².